The highest BCUT2D eigenvalue weighted by molar-refractivity contribution is 5.92. The summed E-state index contributed by atoms with van der Waals surface area (Å²) in [6.45, 7) is 5.17. The standard InChI is InChI=1S/C22H28N2O4/c1-16(2)18-6-10-20(11-7-18)28-15-22(26)24-19-8-4-17(5-9-19)14-21(25)23-12-13-27-3/h4-11,16H,12-15H2,1-3H3,(H,23,25)(H,24,26). The molecule has 0 unspecified atom stereocenters. The van der Waals surface area contributed by atoms with Gasteiger partial charge < -0.3 is 20.1 Å². The molecule has 0 bridgehead atoms. The van der Waals surface area contributed by atoms with Crippen molar-refractivity contribution in [3.05, 3.63) is 59.7 Å². The summed E-state index contributed by atoms with van der Waals surface area (Å²) in [5, 5.41) is 5.55. The van der Waals surface area contributed by atoms with E-state index in [4.69, 9.17) is 9.47 Å². The van der Waals surface area contributed by atoms with Gasteiger partial charge in [0.2, 0.25) is 5.91 Å². The Balaban J connectivity index is 1.76. The topological polar surface area (TPSA) is 76.7 Å². The van der Waals surface area contributed by atoms with E-state index in [1.54, 1.807) is 19.2 Å². The number of hydrogen-bond acceptors (Lipinski definition) is 4. The molecule has 0 saturated carbocycles. The summed E-state index contributed by atoms with van der Waals surface area (Å²) < 4.78 is 10.4. The first kappa shape index (κ1) is 21.4. The van der Waals surface area contributed by atoms with Gasteiger partial charge in [-0.1, -0.05) is 38.1 Å². The van der Waals surface area contributed by atoms with E-state index in [0.717, 1.165) is 5.56 Å². The molecule has 0 heterocycles. The second-order valence-electron chi connectivity index (χ2n) is 6.78. The SMILES string of the molecule is COCCNC(=O)Cc1ccc(NC(=O)COc2ccc(C(C)C)cc2)cc1. The fourth-order valence-electron chi connectivity index (χ4n) is 2.54. The molecule has 2 aromatic carbocycles. The number of nitrogens with one attached hydrogen (secondary N) is 2. The van der Waals surface area contributed by atoms with E-state index >= 15 is 0 Å². The molecule has 150 valence electrons. The van der Waals surface area contributed by atoms with Crippen LogP contribution in [0.4, 0.5) is 5.69 Å². The van der Waals surface area contributed by atoms with Crippen molar-refractivity contribution in [2.24, 2.45) is 0 Å². The molecule has 28 heavy (non-hydrogen) atoms. The second-order valence-corrected chi connectivity index (χ2v) is 6.78. The molecule has 0 fully saturated rings. The van der Waals surface area contributed by atoms with Crippen LogP contribution in [-0.4, -0.2) is 38.7 Å². The van der Waals surface area contributed by atoms with E-state index in [2.05, 4.69) is 24.5 Å². The lowest BCUT2D eigenvalue weighted by molar-refractivity contribution is -0.120. The van der Waals surface area contributed by atoms with E-state index in [0.29, 0.717) is 30.5 Å². The first-order chi connectivity index (χ1) is 13.5. The number of ether oxygens (including phenoxy) is 2. The number of carbonyl (C=O) groups excluding carboxylic acids is 2. The highest BCUT2D eigenvalue weighted by Gasteiger charge is 2.06. The maximum atomic E-state index is 12.1. The summed E-state index contributed by atoms with van der Waals surface area (Å²) in [6, 6.07) is 14.9. The average molecular weight is 384 g/mol. The summed E-state index contributed by atoms with van der Waals surface area (Å²) in [4.78, 5) is 23.8. The van der Waals surface area contributed by atoms with Crippen LogP contribution in [0.2, 0.25) is 0 Å². The Kier molecular flexibility index (Phi) is 8.49. The Labute approximate surface area is 166 Å². The largest absolute Gasteiger partial charge is 0.484 e. The van der Waals surface area contributed by atoms with Crippen LogP contribution in [0.25, 0.3) is 0 Å². The molecule has 2 aromatic rings. The van der Waals surface area contributed by atoms with Gasteiger partial charge in [0.25, 0.3) is 5.91 Å². The minimum absolute atomic E-state index is 0.0641. The number of carbonyl (C=O) groups is 2. The van der Waals surface area contributed by atoms with E-state index in [-0.39, 0.29) is 24.8 Å². The van der Waals surface area contributed by atoms with E-state index in [9.17, 15) is 9.59 Å². The van der Waals surface area contributed by atoms with Crippen molar-refractivity contribution in [3.63, 3.8) is 0 Å². The second kappa shape index (κ2) is 11.1. The lowest BCUT2D eigenvalue weighted by Gasteiger charge is -2.10. The maximum Gasteiger partial charge on any atom is 0.262 e. The zero-order valence-corrected chi connectivity index (χ0v) is 16.7. The van der Waals surface area contributed by atoms with Crippen LogP contribution in [0, 0.1) is 0 Å². The quantitative estimate of drug-likeness (QED) is 0.617. The van der Waals surface area contributed by atoms with Crippen LogP contribution in [-0.2, 0) is 20.7 Å². The van der Waals surface area contributed by atoms with Crippen molar-refractivity contribution in [1.29, 1.82) is 0 Å². The van der Waals surface area contributed by atoms with Crippen molar-refractivity contribution in [2.75, 3.05) is 32.2 Å². The van der Waals surface area contributed by atoms with Crippen molar-refractivity contribution in [3.8, 4) is 5.75 Å². The highest BCUT2D eigenvalue weighted by Crippen LogP contribution is 2.18. The van der Waals surface area contributed by atoms with Gasteiger partial charge in [-0.15, -0.1) is 0 Å². The number of rotatable bonds is 10. The predicted octanol–water partition coefficient (Wildman–Crippen LogP) is 3.13. The minimum atomic E-state index is -0.238. The molecule has 2 rings (SSSR count). The summed E-state index contributed by atoms with van der Waals surface area (Å²) in [5.74, 6) is 0.815. The van der Waals surface area contributed by atoms with Gasteiger partial charge in [-0.25, -0.2) is 0 Å². The van der Waals surface area contributed by atoms with E-state index in [1.807, 2.05) is 36.4 Å². The zero-order chi connectivity index (χ0) is 20.4. The minimum Gasteiger partial charge on any atom is -0.484 e. The molecule has 6 nitrogen and oxygen atoms in total. The summed E-state index contributed by atoms with van der Waals surface area (Å²) in [5.41, 5.74) is 2.76. The Bertz CT molecular complexity index is 755. The van der Waals surface area contributed by atoms with Gasteiger partial charge in [-0.05, 0) is 41.3 Å². The molecule has 0 saturated heterocycles. The van der Waals surface area contributed by atoms with E-state index in [1.165, 1.54) is 5.56 Å². The lowest BCUT2D eigenvalue weighted by Crippen LogP contribution is -2.28. The number of hydrogen-bond donors (Lipinski definition) is 2. The monoisotopic (exact) mass is 384 g/mol. The summed E-state index contributed by atoms with van der Waals surface area (Å²) in [6.07, 6.45) is 0.285. The van der Waals surface area contributed by atoms with Gasteiger partial charge in [0.05, 0.1) is 13.0 Å². The molecule has 0 atom stereocenters. The third-order valence-electron chi connectivity index (χ3n) is 4.15. The van der Waals surface area contributed by atoms with Gasteiger partial charge in [0.1, 0.15) is 5.75 Å². The van der Waals surface area contributed by atoms with Crippen LogP contribution < -0.4 is 15.4 Å². The predicted molar refractivity (Wildman–Crippen MR) is 110 cm³/mol. The van der Waals surface area contributed by atoms with Gasteiger partial charge in [0.15, 0.2) is 6.61 Å². The smallest absolute Gasteiger partial charge is 0.262 e. The van der Waals surface area contributed by atoms with Crippen LogP contribution in [0.1, 0.15) is 30.9 Å². The van der Waals surface area contributed by atoms with Crippen molar-refractivity contribution in [2.45, 2.75) is 26.2 Å². The van der Waals surface area contributed by atoms with Gasteiger partial charge in [0, 0.05) is 19.3 Å². The van der Waals surface area contributed by atoms with Crippen molar-refractivity contribution < 1.29 is 19.1 Å². The molecule has 2 amide bonds. The lowest BCUT2D eigenvalue weighted by atomic mass is 10.0. The summed E-state index contributed by atoms with van der Waals surface area (Å²) in [7, 11) is 1.59. The first-order valence-electron chi connectivity index (χ1n) is 9.35. The third-order valence-corrected chi connectivity index (χ3v) is 4.15. The number of methoxy groups -OCH3 is 1. The number of amides is 2. The molecule has 0 radical (unpaired) electrons. The molecule has 0 spiro atoms. The molecule has 0 aliphatic rings. The molecular weight excluding hydrogens is 356 g/mol. The normalized spacial score (nSPS) is 10.6. The van der Waals surface area contributed by atoms with Crippen LogP contribution in [0.3, 0.4) is 0 Å². The van der Waals surface area contributed by atoms with Crippen LogP contribution >= 0.6 is 0 Å². The molecular formula is C22H28N2O4. The van der Waals surface area contributed by atoms with Crippen molar-refractivity contribution in [1.82, 2.24) is 5.32 Å². The molecule has 6 heteroatoms. The number of anilines is 1. The maximum absolute atomic E-state index is 12.1. The Hall–Kier alpha value is -2.86. The van der Waals surface area contributed by atoms with Gasteiger partial charge in [-0.2, -0.15) is 0 Å². The Morgan fingerprint density at radius 1 is 0.964 bits per heavy atom. The fraction of sp³-hybridized carbons (Fsp3) is 0.364. The molecule has 0 aliphatic heterocycles. The van der Waals surface area contributed by atoms with Gasteiger partial charge >= 0.3 is 0 Å². The van der Waals surface area contributed by atoms with Crippen LogP contribution in [0.5, 0.6) is 5.75 Å². The highest BCUT2D eigenvalue weighted by atomic mass is 16.5. The van der Waals surface area contributed by atoms with Crippen molar-refractivity contribution >= 4 is 17.5 Å². The van der Waals surface area contributed by atoms with Gasteiger partial charge in [-0.3, -0.25) is 9.59 Å². The zero-order valence-electron chi connectivity index (χ0n) is 16.7. The van der Waals surface area contributed by atoms with E-state index < -0.39 is 0 Å². The Morgan fingerprint density at radius 2 is 1.64 bits per heavy atom. The number of benzene rings is 2. The molecule has 2 N–H and O–H groups in total. The first-order valence-corrected chi connectivity index (χ1v) is 9.35. The third kappa shape index (κ3) is 7.40. The molecule has 0 aromatic heterocycles. The molecule has 0 aliphatic carbocycles. The Morgan fingerprint density at radius 3 is 2.25 bits per heavy atom. The summed E-state index contributed by atoms with van der Waals surface area (Å²) >= 11 is 0. The average Bonchev–Trinajstić information content (AvgIpc) is 2.68. The van der Waals surface area contributed by atoms with Crippen LogP contribution in [0.15, 0.2) is 48.5 Å². The fourth-order valence-corrected chi connectivity index (χ4v) is 2.54.